The molecule has 1 aliphatic rings. The molecule has 0 radical (unpaired) electrons. The zero-order chi connectivity index (χ0) is 24.6. The molecule has 1 aromatic heterocycles. The van der Waals surface area contributed by atoms with Crippen LogP contribution >= 0.6 is 0 Å². The van der Waals surface area contributed by atoms with Crippen LogP contribution in [0.25, 0.3) is 11.0 Å². The SMILES string of the molecule is COc1ccc(N(C)S(=O)(=O)c2cccc(C(=O)N3CCC[C@@H]3c3nc4ccccc4[nH]3)c2)cc1. The number of H-pyrrole nitrogens is 1. The van der Waals surface area contributed by atoms with E-state index in [1.807, 2.05) is 24.3 Å². The Morgan fingerprint density at radius 2 is 1.86 bits per heavy atom. The quantitative estimate of drug-likeness (QED) is 0.433. The number of para-hydroxylation sites is 2. The second-order valence-electron chi connectivity index (χ2n) is 8.49. The van der Waals surface area contributed by atoms with Crippen molar-refractivity contribution in [1.29, 1.82) is 0 Å². The smallest absolute Gasteiger partial charge is 0.264 e. The zero-order valence-electron chi connectivity index (χ0n) is 19.5. The molecule has 1 atom stereocenters. The number of hydrogen-bond acceptors (Lipinski definition) is 5. The number of fused-ring (bicyclic) bond motifs is 1. The van der Waals surface area contributed by atoms with Crippen LogP contribution in [0.15, 0.2) is 77.7 Å². The number of likely N-dealkylation sites (tertiary alicyclic amines) is 1. The van der Waals surface area contributed by atoms with E-state index >= 15 is 0 Å². The van der Waals surface area contributed by atoms with Gasteiger partial charge in [0.15, 0.2) is 0 Å². The molecule has 0 spiro atoms. The van der Waals surface area contributed by atoms with Gasteiger partial charge in [-0.3, -0.25) is 9.10 Å². The van der Waals surface area contributed by atoms with Gasteiger partial charge in [-0.1, -0.05) is 18.2 Å². The Balaban J connectivity index is 1.41. The van der Waals surface area contributed by atoms with Crippen molar-refractivity contribution in [1.82, 2.24) is 14.9 Å². The molecule has 4 aromatic rings. The number of aromatic nitrogens is 2. The molecule has 35 heavy (non-hydrogen) atoms. The number of amides is 1. The molecular weight excluding hydrogens is 464 g/mol. The fraction of sp³-hybridized carbons (Fsp3) is 0.231. The molecule has 0 aliphatic carbocycles. The molecule has 0 bridgehead atoms. The van der Waals surface area contributed by atoms with Gasteiger partial charge in [0.2, 0.25) is 0 Å². The van der Waals surface area contributed by atoms with E-state index < -0.39 is 10.0 Å². The van der Waals surface area contributed by atoms with Crippen molar-refractivity contribution in [2.45, 2.75) is 23.8 Å². The number of imidazole rings is 1. The average Bonchev–Trinajstić information content (AvgIpc) is 3.55. The van der Waals surface area contributed by atoms with Crippen LogP contribution in [0.3, 0.4) is 0 Å². The van der Waals surface area contributed by atoms with Gasteiger partial charge in [0.1, 0.15) is 11.6 Å². The Kier molecular flexibility index (Phi) is 5.94. The highest BCUT2D eigenvalue weighted by atomic mass is 32.2. The molecule has 9 heteroatoms. The van der Waals surface area contributed by atoms with E-state index in [4.69, 9.17) is 4.74 Å². The molecule has 1 fully saturated rings. The molecule has 0 saturated carbocycles. The lowest BCUT2D eigenvalue weighted by molar-refractivity contribution is 0.0730. The Labute approximate surface area is 204 Å². The maximum atomic E-state index is 13.5. The maximum Gasteiger partial charge on any atom is 0.264 e. The second kappa shape index (κ2) is 9.07. The third kappa shape index (κ3) is 4.23. The van der Waals surface area contributed by atoms with E-state index in [2.05, 4.69) is 9.97 Å². The third-order valence-corrected chi connectivity index (χ3v) is 8.19. The first-order chi connectivity index (χ1) is 16.9. The number of carbonyl (C=O) groups is 1. The van der Waals surface area contributed by atoms with Gasteiger partial charge in [0, 0.05) is 19.2 Å². The molecule has 3 aromatic carbocycles. The summed E-state index contributed by atoms with van der Waals surface area (Å²) < 4.78 is 33.0. The monoisotopic (exact) mass is 490 g/mol. The maximum absolute atomic E-state index is 13.5. The van der Waals surface area contributed by atoms with Crippen LogP contribution in [-0.4, -0.2) is 49.9 Å². The van der Waals surface area contributed by atoms with Gasteiger partial charge in [-0.2, -0.15) is 0 Å². The van der Waals surface area contributed by atoms with Gasteiger partial charge in [-0.15, -0.1) is 0 Å². The van der Waals surface area contributed by atoms with E-state index in [0.29, 0.717) is 23.5 Å². The molecular formula is C26H26N4O4S. The average molecular weight is 491 g/mol. The Morgan fingerprint density at radius 3 is 2.60 bits per heavy atom. The highest BCUT2D eigenvalue weighted by molar-refractivity contribution is 7.92. The normalized spacial score (nSPS) is 15.9. The fourth-order valence-corrected chi connectivity index (χ4v) is 5.71. The second-order valence-corrected chi connectivity index (χ2v) is 10.5. The van der Waals surface area contributed by atoms with E-state index in [0.717, 1.165) is 29.7 Å². The highest BCUT2D eigenvalue weighted by Crippen LogP contribution is 2.33. The summed E-state index contributed by atoms with van der Waals surface area (Å²) in [5.74, 6) is 1.17. The highest BCUT2D eigenvalue weighted by Gasteiger charge is 2.33. The lowest BCUT2D eigenvalue weighted by Gasteiger charge is -2.24. The van der Waals surface area contributed by atoms with Crippen molar-refractivity contribution in [3.05, 3.63) is 84.2 Å². The van der Waals surface area contributed by atoms with Crippen LogP contribution < -0.4 is 9.04 Å². The van der Waals surface area contributed by atoms with Crippen LogP contribution in [-0.2, 0) is 10.0 Å². The largest absolute Gasteiger partial charge is 0.497 e. The number of rotatable bonds is 6. The summed E-state index contributed by atoms with van der Waals surface area (Å²) >= 11 is 0. The molecule has 180 valence electrons. The van der Waals surface area contributed by atoms with Gasteiger partial charge < -0.3 is 14.6 Å². The number of benzene rings is 3. The van der Waals surface area contributed by atoms with Crippen LogP contribution in [0.4, 0.5) is 5.69 Å². The Morgan fingerprint density at radius 1 is 1.09 bits per heavy atom. The number of nitrogens with one attached hydrogen (secondary N) is 1. The summed E-state index contributed by atoms with van der Waals surface area (Å²) in [6, 6.07) is 20.6. The van der Waals surface area contributed by atoms with Gasteiger partial charge >= 0.3 is 0 Å². The summed E-state index contributed by atoms with van der Waals surface area (Å²) in [5, 5.41) is 0. The van der Waals surface area contributed by atoms with E-state index in [9.17, 15) is 13.2 Å². The van der Waals surface area contributed by atoms with Gasteiger partial charge in [-0.05, 0) is 67.4 Å². The van der Waals surface area contributed by atoms with Gasteiger partial charge in [0.05, 0.1) is 34.8 Å². The minimum absolute atomic E-state index is 0.0566. The number of ether oxygens (including phenoxy) is 1. The molecule has 1 N–H and O–H groups in total. The molecule has 1 amide bonds. The van der Waals surface area contributed by atoms with Crippen LogP contribution in [0.2, 0.25) is 0 Å². The zero-order valence-corrected chi connectivity index (χ0v) is 20.3. The lowest BCUT2D eigenvalue weighted by atomic mass is 10.1. The Hall–Kier alpha value is -3.85. The first-order valence-electron chi connectivity index (χ1n) is 11.4. The van der Waals surface area contributed by atoms with Crippen molar-refractivity contribution in [2.24, 2.45) is 0 Å². The van der Waals surface area contributed by atoms with Crippen LogP contribution in [0.1, 0.15) is 35.1 Å². The number of hydrogen-bond donors (Lipinski definition) is 1. The topological polar surface area (TPSA) is 95.6 Å². The summed E-state index contributed by atoms with van der Waals surface area (Å²) in [7, 11) is -0.828. The standard InChI is InChI=1S/C26H26N4O4S/c1-29(19-12-14-20(34-2)15-13-19)35(32,33)21-8-5-7-18(17-21)26(31)30-16-6-11-24(30)25-27-22-9-3-4-10-23(22)28-25/h3-5,7-10,12-15,17,24H,6,11,16H2,1-2H3,(H,27,28)/t24-/m1/s1. The number of anilines is 1. The van der Waals surface area contributed by atoms with Crippen molar-refractivity contribution in [3.8, 4) is 5.75 Å². The number of nitrogens with zero attached hydrogens (tertiary/aromatic N) is 3. The lowest BCUT2D eigenvalue weighted by Crippen LogP contribution is -2.31. The minimum atomic E-state index is -3.87. The predicted octanol–water partition coefficient (Wildman–Crippen LogP) is 4.37. The number of methoxy groups -OCH3 is 1. The van der Waals surface area contributed by atoms with Crippen molar-refractivity contribution in [2.75, 3.05) is 25.0 Å². The minimum Gasteiger partial charge on any atom is -0.497 e. The third-order valence-electron chi connectivity index (χ3n) is 6.41. The van der Waals surface area contributed by atoms with Crippen LogP contribution in [0.5, 0.6) is 5.75 Å². The first kappa shape index (κ1) is 22.9. The molecule has 1 saturated heterocycles. The van der Waals surface area contributed by atoms with Crippen molar-refractivity contribution >= 4 is 32.7 Å². The number of aromatic amines is 1. The summed E-state index contributed by atoms with van der Waals surface area (Å²) in [6.07, 6.45) is 1.65. The van der Waals surface area contributed by atoms with E-state index in [1.165, 1.54) is 23.5 Å². The van der Waals surface area contributed by atoms with Crippen LogP contribution in [0, 0.1) is 0 Å². The van der Waals surface area contributed by atoms with Gasteiger partial charge in [-0.25, -0.2) is 13.4 Å². The summed E-state index contributed by atoms with van der Waals surface area (Å²) in [5.41, 5.74) is 2.61. The Bertz CT molecular complexity index is 1450. The van der Waals surface area contributed by atoms with E-state index in [-0.39, 0.29) is 16.8 Å². The summed E-state index contributed by atoms with van der Waals surface area (Å²) in [6.45, 7) is 0.587. The molecule has 8 nitrogen and oxygen atoms in total. The molecule has 2 heterocycles. The molecule has 0 unspecified atom stereocenters. The van der Waals surface area contributed by atoms with Crippen molar-refractivity contribution < 1.29 is 17.9 Å². The van der Waals surface area contributed by atoms with Crippen molar-refractivity contribution in [3.63, 3.8) is 0 Å². The first-order valence-corrected chi connectivity index (χ1v) is 12.8. The summed E-state index contributed by atoms with van der Waals surface area (Å²) in [4.78, 5) is 23.3. The van der Waals surface area contributed by atoms with Gasteiger partial charge in [0.25, 0.3) is 15.9 Å². The van der Waals surface area contributed by atoms with E-state index in [1.54, 1.807) is 48.4 Å². The fourth-order valence-electron chi connectivity index (χ4n) is 4.47. The molecule has 1 aliphatic heterocycles. The number of carbonyl (C=O) groups excluding carboxylic acids is 1. The number of sulfonamides is 1. The predicted molar refractivity (Wildman–Crippen MR) is 134 cm³/mol. The molecule has 5 rings (SSSR count).